The number of aromatic hydroxyl groups is 1. The predicted molar refractivity (Wildman–Crippen MR) is 99.2 cm³/mol. The summed E-state index contributed by atoms with van der Waals surface area (Å²) >= 11 is 0. The number of hydrogen-bond donors (Lipinski definition) is 4. The molecule has 1 aromatic carbocycles. The zero-order chi connectivity index (χ0) is 20.1. The number of hydrogen-bond acceptors (Lipinski definition) is 5. The lowest BCUT2D eigenvalue weighted by atomic mass is 9.69. The van der Waals surface area contributed by atoms with E-state index in [1.165, 1.54) is 12.8 Å². The summed E-state index contributed by atoms with van der Waals surface area (Å²) in [4.78, 5) is 12.0. The van der Waals surface area contributed by atoms with E-state index in [0.29, 0.717) is 22.4 Å². The molecule has 0 spiro atoms. The van der Waals surface area contributed by atoms with Gasteiger partial charge in [-0.3, -0.25) is 0 Å². The van der Waals surface area contributed by atoms with Gasteiger partial charge in [0, 0.05) is 24.3 Å². The molecule has 28 heavy (non-hydrogen) atoms. The van der Waals surface area contributed by atoms with E-state index in [9.17, 15) is 25.2 Å². The van der Waals surface area contributed by atoms with Gasteiger partial charge in [0.2, 0.25) is 5.60 Å². The molecule has 1 aliphatic heterocycles. The fraction of sp³-hybridized carbons (Fsp3) is 0.667. The fourth-order valence-corrected chi connectivity index (χ4v) is 6.18. The van der Waals surface area contributed by atoms with E-state index in [0.717, 1.165) is 18.7 Å². The minimum atomic E-state index is -2.19. The summed E-state index contributed by atoms with van der Waals surface area (Å²) in [5, 5.41) is 43.1. The van der Waals surface area contributed by atoms with Crippen molar-refractivity contribution in [2.45, 2.75) is 61.9 Å². The normalized spacial score (nSPS) is 39.9. The molecule has 2 saturated carbocycles. The van der Waals surface area contributed by atoms with E-state index in [4.69, 9.17) is 4.74 Å². The van der Waals surface area contributed by atoms with Crippen molar-refractivity contribution < 1.29 is 34.4 Å². The lowest BCUT2D eigenvalue weighted by Gasteiger charge is -2.51. The number of nitrogens with zero attached hydrogens (tertiary/aromatic N) is 1. The number of aliphatic hydroxyl groups is 2. The monoisotopic (exact) mass is 390 g/mol. The molecule has 7 heteroatoms. The van der Waals surface area contributed by atoms with Crippen LogP contribution in [-0.4, -0.2) is 74.4 Å². The SMILES string of the molecule is CC[N+](C)(CC1CC1)[C@@H]1Cc2ccc(O)c3c2C2[C@@H](O3)[C@](O)(C(=O)O)C[C@]21O. The third-order valence-electron chi connectivity index (χ3n) is 7.89. The Hall–Kier alpha value is -1.83. The molecule has 0 radical (unpaired) electrons. The van der Waals surface area contributed by atoms with Crippen molar-refractivity contribution in [2.75, 3.05) is 20.1 Å². The molecule has 0 amide bonds. The van der Waals surface area contributed by atoms with Gasteiger partial charge in [0.05, 0.1) is 26.1 Å². The minimum Gasteiger partial charge on any atom is -0.504 e. The third-order valence-corrected chi connectivity index (χ3v) is 7.89. The Labute approximate surface area is 163 Å². The van der Waals surface area contributed by atoms with Crippen LogP contribution < -0.4 is 4.74 Å². The molecule has 7 nitrogen and oxygen atoms in total. The Bertz CT molecular complexity index is 869. The van der Waals surface area contributed by atoms with Crippen molar-refractivity contribution in [1.29, 1.82) is 0 Å². The zero-order valence-corrected chi connectivity index (χ0v) is 16.3. The van der Waals surface area contributed by atoms with Crippen LogP contribution in [0.2, 0.25) is 0 Å². The summed E-state index contributed by atoms with van der Waals surface area (Å²) in [6.07, 6.45) is 1.59. The van der Waals surface area contributed by atoms with Crippen molar-refractivity contribution in [2.24, 2.45) is 5.92 Å². The first kappa shape index (κ1) is 18.2. The maximum absolute atomic E-state index is 12.0. The Morgan fingerprint density at radius 2 is 2.04 bits per heavy atom. The number of carbonyl (C=O) groups is 1. The predicted octanol–water partition coefficient (Wildman–Crippen LogP) is 0.988. The number of rotatable bonds is 5. The van der Waals surface area contributed by atoms with E-state index in [2.05, 4.69) is 14.0 Å². The fourth-order valence-electron chi connectivity index (χ4n) is 6.18. The molecular weight excluding hydrogens is 362 g/mol. The standard InChI is InChI=1S/C21H27NO6/c1-3-22(2,9-11-4-5-11)14-8-12-6-7-13(23)17-15(12)16-18(28-17)21(27,19(24)25)10-20(14,16)26/h6-7,11,14,16,18,26-27H,3-5,8-10H2,1-2H3,(H-,23,24,25)/p+1/t14-,16?,18-,20-,21+,22?/m1/s1. The third kappa shape index (κ3) is 2.12. The Morgan fingerprint density at radius 3 is 2.64 bits per heavy atom. The number of carboxylic acid groups (broad SMARTS) is 1. The van der Waals surface area contributed by atoms with Gasteiger partial charge in [-0.25, -0.2) is 4.79 Å². The van der Waals surface area contributed by atoms with Crippen LogP contribution in [0.5, 0.6) is 11.5 Å². The molecule has 4 aliphatic rings. The first-order valence-corrected chi connectivity index (χ1v) is 10.2. The number of benzene rings is 1. The minimum absolute atomic E-state index is 0.0765. The average Bonchev–Trinajstić information content (AvgIpc) is 3.27. The number of carboxylic acids is 1. The number of aliphatic carboxylic acids is 1. The second kappa shape index (κ2) is 5.40. The molecule has 152 valence electrons. The summed E-state index contributed by atoms with van der Waals surface area (Å²) in [7, 11) is 2.14. The molecule has 2 unspecified atom stereocenters. The van der Waals surface area contributed by atoms with E-state index in [1.807, 2.05) is 6.07 Å². The molecule has 6 atom stereocenters. The van der Waals surface area contributed by atoms with Gasteiger partial charge < -0.3 is 29.6 Å². The highest BCUT2D eigenvalue weighted by molar-refractivity contribution is 5.81. The van der Waals surface area contributed by atoms with Crippen LogP contribution in [-0.2, 0) is 11.2 Å². The van der Waals surface area contributed by atoms with Crippen LogP contribution in [0.15, 0.2) is 12.1 Å². The van der Waals surface area contributed by atoms with Crippen LogP contribution >= 0.6 is 0 Å². The first-order valence-electron chi connectivity index (χ1n) is 10.2. The summed E-state index contributed by atoms with van der Waals surface area (Å²) < 4.78 is 6.47. The smallest absolute Gasteiger partial charge is 0.339 e. The Balaban J connectivity index is 1.69. The lowest BCUT2D eigenvalue weighted by molar-refractivity contribution is -0.940. The number of quaternary nitrogens is 1. The molecule has 0 saturated heterocycles. The van der Waals surface area contributed by atoms with Crippen LogP contribution in [0.4, 0.5) is 0 Å². The Kier molecular flexibility index (Phi) is 3.51. The molecule has 3 aliphatic carbocycles. The maximum Gasteiger partial charge on any atom is 0.339 e. The number of ether oxygens (including phenoxy) is 1. The summed E-state index contributed by atoms with van der Waals surface area (Å²) in [6.45, 7) is 3.85. The number of phenols is 1. The van der Waals surface area contributed by atoms with Gasteiger partial charge >= 0.3 is 5.97 Å². The lowest BCUT2D eigenvalue weighted by Crippen LogP contribution is -2.66. The van der Waals surface area contributed by atoms with Gasteiger partial charge in [0.25, 0.3) is 0 Å². The highest BCUT2D eigenvalue weighted by Gasteiger charge is 2.75. The highest BCUT2D eigenvalue weighted by Crippen LogP contribution is 2.63. The molecule has 0 aromatic heterocycles. The molecule has 5 rings (SSSR count). The van der Waals surface area contributed by atoms with Crippen LogP contribution in [0.25, 0.3) is 0 Å². The second-order valence-corrected chi connectivity index (χ2v) is 9.54. The largest absolute Gasteiger partial charge is 0.504 e. The van der Waals surface area contributed by atoms with Crippen LogP contribution in [0, 0.1) is 5.92 Å². The van der Waals surface area contributed by atoms with Crippen molar-refractivity contribution in [3.8, 4) is 11.5 Å². The highest BCUT2D eigenvalue weighted by atomic mass is 16.5. The van der Waals surface area contributed by atoms with Gasteiger partial charge in [-0.2, -0.15) is 0 Å². The summed E-state index contributed by atoms with van der Waals surface area (Å²) in [5.74, 6) is -1.27. The van der Waals surface area contributed by atoms with E-state index in [1.54, 1.807) is 6.07 Å². The molecule has 4 N–H and O–H groups in total. The van der Waals surface area contributed by atoms with E-state index >= 15 is 0 Å². The Morgan fingerprint density at radius 1 is 1.32 bits per heavy atom. The topological polar surface area (TPSA) is 107 Å². The molecule has 1 heterocycles. The van der Waals surface area contributed by atoms with Gasteiger partial charge in [-0.05, 0) is 31.4 Å². The average molecular weight is 390 g/mol. The van der Waals surface area contributed by atoms with E-state index < -0.39 is 29.2 Å². The number of phenolic OH excluding ortho intramolecular Hbond substituents is 1. The van der Waals surface area contributed by atoms with E-state index in [-0.39, 0.29) is 24.0 Å². The quantitative estimate of drug-likeness (QED) is 0.559. The molecule has 1 aromatic rings. The van der Waals surface area contributed by atoms with Crippen molar-refractivity contribution >= 4 is 5.97 Å². The van der Waals surface area contributed by atoms with Crippen molar-refractivity contribution in [3.63, 3.8) is 0 Å². The zero-order valence-electron chi connectivity index (χ0n) is 16.3. The second-order valence-electron chi connectivity index (χ2n) is 9.54. The molecule has 2 fully saturated rings. The number of likely N-dealkylation sites (N-methyl/N-ethyl adjacent to an activating group) is 1. The summed E-state index contributed by atoms with van der Waals surface area (Å²) in [5.41, 5.74) is -1.96. The maximum atomic E-state index is 12.0. The van der Waals surface area contributed by atoms with Gasteiger partial charge in [0.1, 0.15) is 17.7 Å². The van der Waals surface area contributed by atoms with Gasteiger partial charge in [-0.1, -0.05) is 6.07 Å². The van der Waals surface area contributed by atoms with Gasteiger partial charge in [-0.15, -0.1) is 0 Å². The van der Waals surface area contributed by atoms with Crippen molar-refractivity contribution in [1.82, 2.24) is 0 Å². The summed E-state index contributed by atoms with van der Waals surface area (Å²) in [6, 6.07) is 3.17. The van der Waals surface area contributed by atoms with Gasteiger partial charge in [0.15, 0.2) is 11.5 Å². The van der Waals surface area contributed by atoms with Crippen LogP contribution in [0.3, 0.4) is 0 Å². The van der Waals surface area contributed by atoms with Crippen molar-refractivity contribution in [3.05, 3.63) is 23.3 Å². The first-order chi connectivity index (χ1) is 13.1. The van der Waals surface area contributed by atoms with Crippen LogP contribution in [0.1, 0.15) is 43.2 Å². The molecular formula is C21H28NO6+. The molecule has 0 bridgehead atoms.